The zero-order chi connectivity index (χ0) is 21.6. The van der Waals surface area contributed by atoms with Crippen LogP contribution in [0.4, 0.5) is 0 Å². The largest absolute Gasteiger partial charge is 0.496 e. The number of rotatable bonds is 8. The van der Waals surface area contributed by atoms with E-state index in [1.54, 1.807) is 30.3 Å². The lowest BCUT2D eigenvalue weighted by atomic mass is 9.92. The molecule has 2 aromatic carbocycles. The maximum absolute atomic E-state index is 12.4. The molecule has 2 aromatic rings. The lowest BCUT2D eigenvalue weighted by Gasteiger charge is -2.15. The van der Waals surface area contributed by atoms with Gasteiger partial charge in [0.25, 0.3) is 5.91 Å². The summed E-state index contributed by atoms with van der Waals surface area (Å²) in [5, 5.41) is 2.82. The Morgan fingerprint density at radius 2 is 1.83 bits per heavy atom. The first-order chi connectivity index (χ1) is 13.9. The molecule has 0 atom stereocenters. The summed E-state index contributed by atoms with van der Waals surface area (Å²) in [5.74, 6) is -0.0906. The SMILES string of the molecule is C=Cc1cc(C=O)c(-c2ccc(C(=O)NCC(C)C)cc2C(=O)OC)cc1OC. The van der Waals surface area contributed by atoms with E-state index in [0.717, 1.165) is 0 Å². The Labute approximate surface area is 170 Å². The Kier molecular flexibility index (Phi) is 7.31. The van der Waals surface area contributed by atoms with Gasteiger partial charge in [-0.2, -0.15) is 0 Å². The summed E-state index contributed by atoms with van der Waals surface area (Å²) >= 11 is 0. The van der Waals surface area contributed by atoms with Crippen molar-refractivity contribution in [2.24, 2.45) is 5.92 Å². The maximum atomic E-state index is 12.4. The minimum atomic E-state index is -0.609. The Morgan fingerprint density at radius 3 is 2.38 bits per heavy atom. The second-order valence-electron chi connectivity index (χ2n) is 6.86. The van der Waals surface area contributed by atoms with Gasteiger partial charge in [-0.15, -0.1) is 0 Å². The third-order valence-electron chi connectivity index (χ3n) is 4.40. The quantitative estimate of drug-likeness (QED) is 0.540. The molecule has 0 aliphatic carbocycles. The highest BCUT2D eigenvalue weighted by Crippen LogP contribution is 2.34. The lowest BCUT2D eigenvalue weighted by Crippen LogP contribution is -2.27. The second-order valence-corrected chi connectivity index (χ2v) is 6.86. The molecule has 0 heterocycles. The van der Waals surface area contributed by atoms with Gasteiger partial charge in [-0.3, -0.25) is 9.59 Å². The number of amides is 1. The van der Waals surface area contributed by atoms with Gasteiger partial charge in [-0.1, -0.05) is 32.6 Å². The molecule has 0 radical (unpaired) electrons. The fourth-order valence-electron chi connectivity index (χ4n) is 2.88. The highest BCUT2D eigenvalue weighted by Gasteiger charge is 2.20. The number of aldehydes is 1. The molecule has 0 aliphatic rings. The number of methoxy groups -OCH3 is 2. The number of nitrogens with one attached hydrogen (secondary N) is 1. The van der Waals surface area contributed by atoms with Gasteiger partial charge < -0.3 is 14.8 Å². The first-order valence-corrected chi connectivity index (χ1v) is 9.16. The van der Waals surface area contributed by atoms with E-state index in [2.05, 4.69) is 11.9 Å². The van der Waals surface area contributed by atoms with Crippen molar-refractivity contribution in [3.63, 3.8) is 0 Å². The number of carbonyl (C=O) groups is 3. The summed E-state index contributed by atoms with van der Waals surface area (Å²) in [4.78, 5) is 36.5. The third kappa shape index (κ3) is 4.90. The van der Waals surface area contributed by atoms with E-state index < -0.39 is 5.97 Å². The van der Waals surface area contributed by atoms with E-state index in [0.29, 0.717) is 52.3 Å². The van der Waals surface area contributed by atoms with E-state index in [1.165, 1.54) is 20.3 Å². The fourth-order valence-corrected chi connectivity index (χ4v) is 2.88. The summed E-state index contributed by atoms with van der Waals surface area (Å²) in [6, 6.07) is 8.02. The molecule has 6 heteroatoms. The summed E-state index contributed by atoms with van der Waals surface area (Å²) in [5.41, 5.74) is 2.49. The molecule has 1 amide bonds. The van der Waals surface area contributed by atoms with Crippen molar-refractivity contribution >= 4 is 24.2 Å². The predicted molar refractivity (Wildman–Crippen MR) is 112 cm³/mol. The van der Waals surface area contributed by atoms with E-state index in [1.807, 2.05) is 13.8 Å². The van der Waals surface area contributed by atoms with Gasteiger partial charge in [0.05, 0.1) is 19.8 Å². The van der Waals surface area contributed by atoms with Crippen molar-refractivity contribution in [2.45, 2.75) is 13.8 Å². The van der Waals surface area contributed by atoms with Crippen LogP contribution in [0.5, 0.6) is 5.75 Å². The number of hydrogen-bond donors (Lipinski definition) is 1. The second kappa shape index (κ2) is 9.68. The molecule has 29 heavy (non-hydrogen) atoms. The number of benzene rings is 2. The number of esters is 1. The number of carbonyl (C=O) groups excluding carboxylic acids is 3. The average molecular weight is 395 g/mol. The van der Waals surface area contributed by atoms with Gasteiger partial charge in [0.15, 0.2) is 6.29 Å². The van der Waals surface area contributed by atoms with Gasteiger partial charge in [-0.25, -0.2) is 4.79 Å². The summed E-state index contributed by atoms with van der Waals surface area (Å²) in [6.45, 7) is 8.22. The summed E-state index contributed by atoms with van der Waals surface area (Å²) < 4.78 is 10.3. The van der Waals surface area contributed by atoms with Crippen LogP contribution in [0.2, 0.25) is 0 Å². The van der Waals surface area contributed by atoms with Gasteiger partial charge in [0.2, 0.25) is 0 Å². The monoisotopic (exact) mass is 395 g/mol. The van der Waals surface area contributed by atoms with Gasteiger partial charge >= 0.3 is 5.97 Å². The van der Waals surface area contributed by atoms with Crippen LogP contribution in [0, 0.1) is 5.92 Å². The van der Waals surface area contributed by atoms with E-state index in [-0.39, 0.29) is 11.5 Å². The van der Waals surface area contributed by atoms with E-state index in [4.69, 9.17) is 9.47 Å². The predicted octanol–water partition coefficient (Wildman–Crippen LogP) is 3.99. The molecule has 2 rings (SSSR count). The molecule has 1 N–H and O–H groups in total. The van der Waals surface area contributed by atoms with E-state index in [9.17, 15) is 14.4 Å². The molecule has 0 fully saturated rings. The zero-order valence-corrected chi connectivity index (χ0v) is 17.1. The van der Waals surface area contributed by atoms with Gasteiger partial charge in [0, 0.05) is 23.2 Å². The Balaban J connectivity index is 2.63. The molecular formula is C23H25NO5. The van der Waals surface area contributed by atoms with Gasteiger partial charge in [-0.05, 0) is 41.3 Å². The molecule has 6 nitrogen and oxygen atoms in total. The van der Waals surface area contributed by atoms with Crippen molar-refractivity contribution in [1.82, 2.24) is 5.32 Å². The third-order valence-corrected chi connectivity index (χ3v) is 4.40. The molecule has 152 valence electrons. The van der Waals surface area contributed by atoms with Crippen LogP contribution in [0.3, 0.4) is 0 Å². The standard InChI is InChI=1S/C23H25NO5/c1-6-15-9-17(13-25)19(11-21(15)28-4)18-8-7-16(10-20(18)23(27)29-5)22(26)24-12-14(2)3/h6-11,13-14H,1,12H2,2-5H3,(H,24,26). The first-order valence-electron chi connectivity index (χ1n) is 9.16. The first kappa shape index (κ1) is 21.9. The van der Waals surface area contributed by atoms with Gasteiger partial charge in [0.1, 0.15) is 5.75 Å². The Hall–Kier alpha value is -3.41. The van der Waals surface area contributed by atoms with Crippen LogP contribution in [0.15, 0.2) is 36.9 Å². The molecule has 0 saturated carbocycles. The fraction of sp³-hybridized carbons (Fsp3) is 0.261. The van der Waals surface area contributed by atoms with Crippen molar-refractivity contribution in [3.05, 3.63) is 59.2 Å². The average Bonchev–Trinajstić information content (AvgIpc) is 2.75. The molecule has 0 unspecified atom stereocenters. The van der Waals surface area contributed by atoms with Crippen molar-refractivity contribution in [3.8, 4) is 16.9 Å². The number of hydrogen-bond acceptors (Lipinski definition) is 5. The lowest BCUT2D eigenvalue weighted by molar-refractivity contribution is 0.0601. The molecular weight excluding hydrogens is 370 g/mol. The molecule has 0 bridgehead atoms. The smallest absolute Gasteiger partial charge is 0.338 e. The van der Waals surface area contributed by atoms with Crippen LogP contribution < -0.4 is 10.1 Å². The van der Waals surface area contributed by atoms with Crippen molar-refractivity contribution < 1.29 is 23.9 Å². The zero-order valence-electron chi connectivity index (χ0n) is 17.1. The highest BCUT2D eigenvalue weighted by atomic mass is 16.5. The Morgan fingerprint density at radius 1 is 1.10 bits per heavy atom. The van der Waals surface area contributed by atoms with E-state index >= 15 is 0 Å². The number of ether oxygens (including phenoxy) is 2. The topological polar surface area (TPSA) is 81.7 Å². The normalized spacial score (nSPS) is 10.4. The summed E-state index contributed by atoms with van der Waals surface area (Å²) in [7, 11) is 2.77. The highest BCUT2D eigenvalue weighted by molar-refractivity contribution is 6.04. The van der Waals surface area contributed by atoms with Crippen molar-refractivity contribution in [2.75, 3.05) is 20.8 Å². The van der Waals surface area contributed by atoms with Crippen LogP contribution in [-0.4, -0.2) is 38.9 Å². The Bertz CT molecular complexity index is 947. The molecule has 0 aromatic heterocycles. The maximum Gasteiger partial charge on any atom is 0.338 e. The molecule has 0 saturated heterocycles. The summed E-state index contributed by atoms with van der Waals surface area (Å²) in [6.07, 6.45) is 2.28. The van der Waals surface area contributed by atoms with Crippen LogP contribution in [0.25, 0.3) is 17.2 Å². The molecule has 0 spiro atoms. The minimum absolute atomic E-state index is 0.182. The van der Waals surface area contributed by atoms with Crippen LogP contribution in [0.1, 0.15) is 50.5 Å². The van der Waals surface area contributed by atoms with Crippen LogP contribution >= 0.6 is 0 Å². The molecule has 0 aliphatic heterocycles. The van der Waals surface area contributed by atoms with Crippen LogP contribution in [-0.2, 0) is 4.74 Å². The minimum Gasteiger partial charge on any atom is -0.496 e. The van der Waals surface area contributed by atoms with Crippen molar-refractivity contribution in [1.29, 1.82) is 0 Å².